The summed E-state index contributed by atoms with van der Waals surface area (Å²) >= 11 is 0. The van der Waals surface area contributed by atoms with Gasteiger partial charge in [0.05, 0.1) is 5.56 Å². The molecule has 138 valence electrons. The SMILES string of the molecule is CCNC(=O)Nc1cccc(NC(=O)c2cc(-c3ccccc3F)on2)c1. The van der Waals surface area contributed by atoms with Crippen LogP contribution in [0, 0.1) is 5.82 Å². The van der Waals surface area contributed by atoms with Crippen molar-refractivity contribution in [3.63, 3.8) is 0 Å². The molecule has 0 spiro atoms. The lowest BCUT2D eigenvalue weighted by Crippen LogP contribution is -2.28. The summed E-state index contributed by atoms with van der Waals surface area (Å²) in [5.41, 5.74) is 1.21. The number of rotatable bonds is 5. The number of nitrogens with one attached hydrogen (secondary N) is 3. The highest BCUT2D eigenvalue weighted by Gasteiger charge is 2.16. The number of nitrogens with zero attached hydrogens (tertiary/aromatic N) is 1. The van der Waals surface area contributed by atoms with E-state index in [1.165, 1.54) is 18.2 Å². The minimum Gasteiger partial charge on any atom is -0.355 e. The Kier molecular flexibility index (Phi) is 5.46. The normalized spacial score (nSPS) is 10.3. The molecule has 27 heavy (non-hydrogen) atoms. The third kappa shape index (κ3) is 4.49. The molecule has 0 saturated carbocycles. The number of amides is 3. The lowest BCUT2D eigenvalue weighted by molar-refractivity contribution is 0.101. The summed E-state index contributed by atoms with van der Waals surface area (Å²) in [5.74, 6) is -0.828. The Hall–Kier alpha value is -3.68. The van der Waals surface area contributed by atoms with Crippen LogP contribution in [-0.2, 0) is 0 Å². The number of hydrogen-bond donors (Lipinski definition) is 3. The Morgan fingerprint density at radius 3 is 2.52 bits per heavy atom. The van der Waals surface area contributed by atoms with Gasteiger partial charge >= 0.3 is 6.03 Å². The molecular formula is C19H17FN4O3. The predicted octanol–water partition coefficient (Wildman–Crippen LogP) is 3.87. The number of halogens is 1. The van der Waals surface area contributed by atoms with Gasteiger partial charge in [0.1, 0.15) is 5.82 Å². The van der Waals surface area contributed by atoms with Gasteiger partial charge in [-0.15, -0.1) is 0 Å². The first-order valence-electron chi connectivity index (χ1n) is 8.24. The van der Waals surface area contributed by atoms with E-state index >= 15 is 0 Å². The molecule has 0 radical (unpaired) electrons. The minimum absolute atomic E-state index is 0.00958. The first-order chi connectivity index (χ1) is 13.1. The van der Waals surface area contributed by atoms with Crippen molar-refractivity contribution in [3.05, 3.63) is 66.1 Å². The second-order valence-corrected chi connectivity index (χ2v) is 5.58. The molecule has 0 aliphatic carbocycles. The number of hydrogen-bond acceptors (Lipinski definition) is 4. The van der Waals surface area contributed by atoms with Crippen molar-refractivity contribution in [2.24, 2.45) is 0 Å². The fourth-order valence-electron chi connectivity index (χ4n) is 2.38. The molecule has 3 aromatic rings. The van der Waals surface area contributed by atoms with E-state index in [2.05, 4.69) is 21.1 Å². The van der Waals surface area contributed by atoms with Crippen molar-refractivity contribution in [1.82, 2.24) is 10.5 Å². The molecule has 0 fully saturated rings. The molecule has 0 aliphatic rings. The van der Waals surface area contributed by atoms with E-state index in [0.29, 0.717) is 17.9 Å². The number of aromatic nitrogens is 1. The predicted molar refractivity (Wildman–Crippen MR) is 99.0 cm³/mol. The van der Waals surface area contributed by atoms with Gasteiger partial charge in [0.15, 0.2) is 11.5 Å². The molecule has 8 heteroatoms. The lowest BCUT2D eigenvalue weighted by Gasteiger charge is -2.08. The van der Waals surface area contributed by atoms with Gasteiger partial charge in [0, 0.05) is 24.0 Å². The van der Waals surface area contributed by atoms with E-state index in [1.54, 1.807) is 36.4 Å². The first kappa shape index (κ1) is 18.1. The summed E-state index contributed by atoms with van der Waals surface area (Å²) < 4.78 is 18.9. The van der Waals surface area contributed by atoms with Gasteiger partial charge in [-0.25, -0.2) is 9.18 Å². The van der Waals surface area contributed by atoms with Gasteiger partial charge in [0.25, 0.3) is 5.91 Å². The summed E-state index contributed by atoms with van der Waals surface area (Å²) in [6.07, 6.45) is 0. The van der Waals surface area contributed by atoms with Gasteiger partial charge in [0.2, 0.25) is 0 Å². The fourth-order valence-corrected chi connectivity index (χ4v) is 2.38. The van der Waals surface area contributed by atoms with E-state index in [9.17, 15) is 14.0 Å². The lowest BCUT2D eigenvalue weighted by atomic mass is 10.1. The molecule has 1 heterocycles. The second-order valence-electron chi connectivity index (χ2n) is 5.58. The van der Waals surface area contributed by atoms with Crippen LogP contribution in [0.2, 0.25) is 0 Å². The Morgan fingerprint density at radius 2 is 1.78 bits per heavy atom. The van der Waals surface area contributed by atoms with E-state index in [-0.39, 0.29) is 23.0 Å². The third-order valence-corrected chi connectivity index (χ3v) is 3.60. The Labute approximate surface area is 154 Å². The maximum Gasteiger partial charge on any atom is 0.319 e. The Morgan fingerprint density at radius 1 is 1.04 bits per heavy atom. The van der Waals surface area contributed by atoms with Crippen molar-refractivity contribution in [1.29, 1.82) is 0 Å². The standard InChI is InChI=1S/C19H17FN4O3/c1-2-21-19(26)23-13-7-5-6-12(10-13)22-18(25)16-11-17(27-24-16)14-8-3-4-9-15(14)20/h3-11H,2H2,1H3,(H,22,25)(H2,21,23,26). The molecule has 3 N–H and O–H groups in total. The molecule has 0 saturated heterocycles. The van der Waals surface area contributed by atoms with Gasteiger partial charge in [-0.2, -0.15) is 0 Å². The van der Waals surface area contributed by atoms with E-state index in [0.717, 1.165) is 0 Å². The number of benzene rings is 2. The summed E-state index contributed by atoms with van der Waals surface area (Å²) in [6.45, 7) is 2.31. The summed E-state index contributed by atoms with van der Waals surface area (Å²) in [4.78, 5) is 23.9. The van der Waals surface area contributed by atoms with Crippen LogP contribution in [0.15, 0.2) is 59.1 Å². The van der Waals surface area contributed by atoms with Crippen LogP contribution in [-0.4, -0.2) is 23.6 Å². The number of carbonyl (C=O) groups excluding carboxylic acids is 2. The third-order valence-electron chi connectivity index (χ3n) is 3.60. The molecule has 0 aliphatic heterocycles. The van der Waals surface area contributed by atoms with Crippen LogP contribution in [0.1, 0.15) is 17.4 Å². The van der Waals surface area contributed by atoms with Crippen LogP contribution in [0.4, 0.5) is 20.6 Å². The Bertz CT molecular complexity index is 971. The topological polar surface area (TPSA) is 96.3 Å². The summed E-state index contributed by atoms with van der Waals surface area (Å²) in [6, 6.07) is 13.7. The van der Waals surface area contributed by atoms with Crippen LogP contribution in [0.25, 0.3) is 11.3 Å². The first-order valence-corrected chi connectivity index (χ1v) is 8.24. The quantitative estimate of drug-likeness (QED) is 0.637. The smallest absolute Gasteiger partial charge is 0.319 e. The zero-order valence-corrected chi connectivity index (χ0v) is 14.5. The minimum atomic E-state index is -0.517. The highest BCUT2D eigenvalue weighted by Crippen LogP contribution is 2.24. The fraction of sp³-hybridized carbons (Fsp3) is 0.105. The van der Waals surface area contributed by atoms with Crippen molar-refractivity contribution in [2.45, 2.75) is 6.92 Å². The Balaban J connectivity index is 1.71. The highest BCUT2D eigenvalue weighted by molar-refractivity contribution is 6.03. The molecule has 1 aromatic heterocycles. The van der Waals surface area contributed by atoms with Crippen LogP contribution in [0.3, 0.4) is 0 Å². The van der Waals surface area contributed by atoms with Crippen LogP contribution < -0.4 is 16.0 Å². The van der Waals surface area contributed by atoms with Crippen LogP contribution in [0.5, 0.6) is 0 Å². The molecule has 3 rings (SSSR count). The van der Waals surface area contributed by atoms with Gasteiger partial charge < -0.3 is 20.5 Å². The molecule has 3 amide bonds. The number of anilines is 2. The van der Waals surface area contributed by atoms with E-state index in [4.69, 9.17) is 4.52 Å². The summed E-state index contributed by atoms with van der Waals surface area (Å²) in [7, 11) is 0. The largest absolute Gasteiger partial charge is 0.355 e. The molecule has 0 unspecified atom stereocenters. The zero-order valence-electron chi connectivity index (χ0n) is 14.5. The number of urea groups is 1. The average molecular weight is 368 g/mol. The molecule has 0 atom stereocenters. The second kappa shape index (κ2) is 8.13. The molecular weight excluding hydrogens is 351 g/mol. The van der Waals surface area contributed by atoms with Crippen molar-refractivity contribution < 1.29 is 18.5 Å². The van der Waals surface area contributed by atoms with Gasteiger partial charge in [-0.1, -0.05) is 23.4 Å². The zero-order chi connectivity index (χ0) is 19.2. The van der Waals surface area contributed by atoms with Crippen molar-refractivity contribution >= 4 is 23.3 Å². The molecule has 2 aromatic carbocycles. The van der Waals surface area contributed by atoms with E-state index < -0.39 is 11.7 Å². The molecule has 0 bridgehead atoms. The van der Waals surface area contributed by atoms with Gasteiger partial charge in [-0.3, -0.25) is 4.79 Å². The van der Waals surface area contributed by atoms with Crippen molar-refractivity contribution in [2.75, 3.05) is 17.2 Å². The van der Waals surface area contributed by atoms with Crippen LogP contribution >= 0.6 is 0 Å². The van der Waals surface area contributed by atoms with E-state index in [1.807, 2.05) is 6.92 Å². The highest BCUT2D eigenvalue weighted by atomic mass is 19.1. The summed E-state index contributed by atoms with van der Waals surface area (Å²) in [5, 5.41) is 11.6. The van der Waals surface area contributed by atoms with Gasteiger partial charge in [-0.05, 0) is 37.3 Å². The average Bonchev–Trinajstić information content (AvgIpc) is 3.12. The van der Waals surface area contributed by atoms with Crippen molar-refractivity contribution in [3.8, 4) is 11.3 Å². The molecule has 7 nitrogen and oxygen atoms in total. The maximum absolute atomic E-state index is 13.8. The maximum atomic E-state index is 13.8. The number of carbonyl (C=O) groups is 2. The monoisotopic (exact) mass is 368 g/mol.